The number of para-hydroxylation sites is 2. The molecule has 7 nitrogen and oxygen atoms in total. The van der Waals surface area contributed by atoms with Crippen molar-refractivity contribution in [2.24, 2.45) is 13.0 Å². The maximum absolute atomic E-state index is 13.4. The number of amides is 2. The van der Waals surface area contributed by atoms with Gasteiger partial charge in [0.05, 0.1) is 17.8 Å². The molecule has 0 bridgehead atoms. The van der Waals surface area contributed by atoms with Gasteiger partial charge in [0, 0.05) is 71.3 Å². The van der Waals surface area contributed by atoms with E-state index in [-0.39, 0.29) is 23.7 Å². The van der Waals surface area contributed by atoms with Crippen LogP contribution in [0.25, 0.3) is 33.0 Å². The number of nitrogens with one attached hydrogen (secondary N) is 1. The summed E-state index contributed by atoms with van der Waals surface area (Å²) < 4.78 is 9.55. The minimum Gasteiger partial charge on any atom is -0.466 e. The first kappa shape index (κ1) is 21.4. The number of fused-ring (bicyclic) bond motifs is 4. The fraction of sp³-hybridized carbons (Fsp3) is 0.250. The summed E-state index contributed by atoms with van der Waals surface area (Å²) in [6.07, 6.45) is 3.45. The Labute approximate surface area is 202 Å². The van der Waals surface area contributed by atoms with Crippen LogP contribution in [-0.2, 0) is 39.1 Å². The van der Waals surface area contributed by atoms with Gasteiger partial charge in [-0.15, -0.1) is 0 Å². The van der Waals surface area contributed by atoms with E-state index in [1.165, 1.54) is 6.92 Å². The van der Waals surface area contributed by atoms with Gasteiger partial charge in [-0.3, -0.25) is 19.7 Å². The highest BCUT2D eigenvalue weighted by Crippen LogP contribution is 2.42. The topological polar surface area (TPSA) is 82.3 Å². The van der Waals surface area contributed by atoms with E-state index in [1.54, 1.807) is 0 Å². The van der Waals surface area contributed by atoms with E-state index in [2.05, 4.69) is 16.0 Å². The van der Waals surface area contributed by atoms with Crippen LogP contribution in [0.3, 0.4) is 0 Å². The lowest BCUT2D eigenvalue weighted by Gasteiger charge is -2.25. The molecule has 2 amide bonds. The van der Waals surface area contributed by atoms with Crippen molar-refractivity contribution in [1.82, 2.24) is 14.5 Å². The Bertz CT molecular complexity index is 1590. The molecule has 0 unspecified atom stereocenters. The second-order valence-electron chi connectivity index (χ2n) is 9.36. The molecule has 2 aromatic carbocycles. The smallest absolute Gasteiger partial charge is 0.302 e. The van der Waals surface area contributed by atoms with Gasteiger partial charge in [-0.05, 0) is 25.0 Å². The number of rotatable bonds is 4. The van der Waals surface area contributed by atoms with Gasteiger partial charge in [-0.1, -0.05) is 36.4 Å². The molecule has 1 atom stereocenters. The Kier molecular flexibility index (Phi) is 4.88. The van der Waals surface area contributed by atoms with Gasteiger partial charge >= 0.3 is 5.97 Å². The molecular formula is C28H25N3O4. The van der Waals surface area contributed by atoms with Crippen LogP contribution in [0.5, 0.6) is 0 Å². The molecule has 4 aromatic rings. The lowest BCUT2D eigenvalue weighted by molar-refractivity contribution is -0.142. The van der Waals surface area contributed by atoms with Gasteiger partial charge in [-0.2, -0.15) is 0 Å². The van der Waals surface area contributed by atoms with Crippen LogP contribution < -0.4 is 5.32 Å². The number of esters is 1. The van der Waals surface area contributed by atoms with Crippen molar-refractivity contribution in [3.63, 3.8) is 0 Å². The Hall–Kier alpha value is -4.13. The fourth-order valence-electron chi connectivity index (χ4n) is 5.66. The summed E-state index contributed by atoms with van der Waals surface area (Å²) in [5.74, 6) is -0.897. The minimum atomic E-state index is -0.377. The van der Waals surface area contributed by atoms with Crippen molar-refractivity contribution in [3.8, 4) is 0 Å². The third-order valence-corrected chi connectivity index (χ3v) is 7.19. The molecule has 0 fully saturated rings. The number of hydrogen-bond donors (Lipinski definition) is 1. The summed E-state index contributed by atoms with van der Waals surface area (Å²) in [7, 11) is 1.94. The first-order valence-corrected chi connectivity index (χ1v) is 11.8. The predicted octanol–water partition coefficient (Wildman–Crippen LogP) is 3.83. The van der Waals surface area contributed by atoms with Crippen LogP contribution in [0.15, 0.2) is 54.7 Å². The van der Waals surface area contributed by atoms with Crippen molar-refractivity contribution in [3.05, 3.63) is 71.5 Å². The van der Waals surface area contributed by atoms with E-state index in [1.807, 2.05) is 60.3 Å². The molecule has 0 saturated heterocycles. The Morgan fingerprint density at radius 2 is 1.69 bits per heavy atom. The molecule has 6 rings (SSSR count). The van der Waals surface area contributed by atoms with Crippen LogP contribution in [0, 0.1) is 5.92 Å². The highest BCUT2D eigenvalue weighted by molar-refractivity contribution is 6.51. The number of nitrogens with zero attached hydrogens (tertiary/aromatic N) is 2. The SMILES string of the molecule is CC(=O)OC[C@H]1CCn2c(c(C3=C(c4cn(C)c5ccccc45)C(=O)NC3=O)c3ccccc32)C1. The quantitative estimate of drug-likeness (QED) is 0.365. The average Bonchev–Trinajstić information content (AvgIpc) is 3.45. The molecule has 0 aliphatic carbocycles. The molecule has 2 aliphatic rings. The first-order valence-electron chi connectivity index (χ1n) is 11.8. The van der Waals surface area contributed by atoms with Gasteiger partial charge in [0.15, 0.2) is 0 Å². The maximum Gasteiger partial charge on any atom is 0.302 e. The zero-order chi connectivity index (χ0) is 24.3. The summed E-state index contributed by atoms with van der Waals surface area (Å²) in [6, 6.07) is 15.9. The Balaban J connectivity index is 1.61. The lowest BCUT2D eigenvalue weighted by Crippen LogP contribution is -2.25. The molecular weight excluding hydrogens is 442 g/mol. The summed E-state index contributed by atoms with van der Waals surface area (Å²) >= 11 is 0. The number of carbonyl (C=O) groups excluding carboxylic acids is 3. The van der Waals surface area contributed by atoms with E-state index < -0.39 is 0 Å². The molecule has 35 heavy (non-hydrogen) atoms. The maximum atomic E-state index is 13.4. The number of imide groups is 1. The zero-order valence-electron chi connectivity index (χ0n) is 19.6. The van der Waals surface area contributed by atoms with E-state index in [0.29, 0.717) is 24.2 Å². The van der Waals surface area contributed by atoms with E-state index in [0.717, 1.165) is 51.6 Å². The van der Waals surface area contributed by atoms with Crippen molar-refractivity contribution in [2.75, 3.05) is 6.61 Å². The number of carbonyl (C=O) groups is 3. The van der Waals surface area contributed by atoms with Crippen LogP contribution in [-0.4, -0.2) is 33.5 Å². The standard InChI is InChI=1S/C28H25N3O4/c1-16(32)35-15-17-11-12-31-22-10-6-4-8-19(22)24(23(31)13-17)26-25(27(33)29-28(26)34)20-14-30(2)21-9-5-3-7-18(20)21/h3-10,14,17H,11-13,15H2,1-2H3,(H,29,33,34)/t17-/m0/s1. The zero-order valence-corrected chi connectivity index (χ0v) is 19.6. The molecule has 2 aromatic heterocycles. The normalized spacial score (nSPS) is 17.8. The molecule has 0 spiro atoms. The predicted molar refractivity (Wildman–Crippen MR) is 133 cm³/mol. The average molecular weight is 468 g/mol. The first-order chi connectivity index (χ1) is 16.9. The number of ether oxygens (including phenoxy) is 1. The minimum absolute atomic E-state index is 0.149. The highest BCUT2D eigenvalue weighted by atomic mass is 16.5. The van der Waals surface area contributed by atoms with Gasteiger partial charge < -0.3 is 13.9 Å². The van der Waals surface area contributed by atoms with Crippen LogP contribution in [0.1, 0.15) is 30.2 Å². The van der Waals surface area contributed by atoms with Crippen LogP contribution in [0.2, 0.25) is 0 Å². The molecule has 7 heteroatoms. The molecule has 0 radical (unpaired) electrons. The largest absolute Gasteiger partial charge is 0.466 e. The highest BCUT2D eigenvalue weighted by Gasteiger charge is 2.38. The number of benzene rings is 2. The molecule has 2 aliphatic heterocycles. The molecule has 0 saturated carbocycles. The lowest BCUT2D eigenvalue weighted by atomic mass is 9.89. The van der Waals surface area contributed by atoms with Gasteiger partial charge in [0.1, 0.15) is 0 Å². The number of hydrogen-bond acceptors (Lipinski definition) is 4. The second-order valence-corrected chi connectivity index (χ2v) is 9.36. The van der Waals surface area contributed by atoms with Gasteiger partial charge in [-0.25, -0.2) is 0 Å². The molecule has 4 heterocycles. The monoisotopic (exact) mass is 467 g/mol. The third-order valence-electron chi connectivity index (χ3n) is 7.19. The summed E-state index contributed by atoms with van der Waals surface area (Å²) in [5, 5.41) is 4.44. The summed E-state index contributed by atoms with van der Waals surface area (Å²) in [5.41, 5.74) is 5.42. The van der Waals surface area contributed by atoms with Crippen LogP contribution in [0.4, 0.5) is 0 Å². The summed E-state index contributed by atoms with van der Waals surface area (Å²) in [6.45, 7) is 2.52. The summed E-state index contributed by atoms with van der Waals surface area (Å²) in [4.78, 5) is 38.0. The second kappa shape index (κ2) is 7.98. The van der Waals surface area contributed by atoms with Gasteiger partial charge in [0.2, 0.25) is 0 Å². The Morgan fingerprint density at radius 1 is 1.00 bits per heavy atom. The van der Waals surface area contributed by atoms with E-state index >= 15 is 0 Å². The van der Waals surface area contributed by atoms with Gasteiger partial charge in [0.25, 0.3) is 11.8 Å². The molecule has 1 N–H and O–H groups in total. The third kappa shape index (κ3) is 3.30. The van der Waals surface area contributed by atoms with E-state index in [9.17, 15) is 14.4 Å². The number of aromatic nitrogens is 2. The fourth-order valence-corrected chi connectivity index (χ4v) is 5.66. The van der Waals surface area contributed by atoms with Crippen molar-refractivity contribution in [2.45, 2.75) is 26.3 Å². The van der Waals surface area contributed by atoms with Crippen molar-refractivity contribution in [1.29, 1.82) is 0 Å². The Morgan fingerprint density at radius 3 is 2.46 bits per heavy atom. The number of aryl methyl sites for hydroxylation is 2. The van der Waals surface area contributed by atoms with E-state index in [4.69, 9.17) is 4.74 Å². The molecule has 176 valence electrons. The van der Waals surface area contributed by atoms with Crippen molar-refractivity contribution >= 4 is 50.7 Å². The van der Waals surface area contributed by atoms with Crippen molar-refractivity contribution < 1.29 is 19.1 Å². The van der Waals surface area contributed by atoms with Crippen LogP contribution >= 0.6 is 0 Å².